The number of rotatable bonds is 4. The molecule has 0 amide bonds. The summed E-state index contributed by atoms with van der Waals surface area (Å²) < 4.78 is 0. The molecule has 1 aliphatic rings. The van der Waals surface area contributed by atoms with E-state index in [0.717, 1.165) is 5.69 Å². The fourth-order valence-electron chi connectivity index (χ4n) is 4.34. The van der Waals surface area contributed by atoms with Crippen molar-refractivity contribution in [2.75, 3.05) is 0 Å². The Morgan fingerprint density at radius 1 is 0.846 bits per heavy atom. The highest BCUT2D eigenvalue weighted by Crippen LogP contribution is 2.35. The van der Waals surface area contributed by atoms with Gasteiger partial charge in [0.15, 0.2) is 0 Å². The molecule has 1 aliphatic carbocycles. The highest BCUT2D eigenvalue weighted by molar-refractivity contribution is 7.00. The van der Waals surface area contributed by atoms with Crippen molar-refractivity contribution >= 4 is 18.4 Å². The molecule has 1 nitrogen and oxygen atoms in total. The van der Waals surface area contributed by atoms with Gasteiger partial charge in [-0.15, -0.1) is 0 Å². The van der Waals surface area contributed by atoms with E-state index in [1.807, 2.05) is 0 Å². The molecule has 0 N–H and O–H groups in total. The zero-order chi connectivity index (χ0) is 18.0. The molecule has 0 atom stereocenters. The van der Waals surface area contributed by atoms with Gasteiger partial charge in [-0.05, 0) is 35.6 Å². The summed E-state index contributed by atoms with van der Waals surface area (Å²) in [5.74, 6) is 0.700. The maximum Gasteiger partial charge on any atom is 0.114 e. The van der Waals surface area contributed by atoms with Gasteiger partial charge in [0.2, 0.25) is 0 Å². The number of hydrogen-bond donors (Lipinski definition) is 0. The number of aromatic nitrogens is 1. The van der Waals surface area contributed by atoms with E-state index in [9.17, 15) is 0 Å². The highest BCUT2D eigenvalue weighted by Gasteiger charge is 2.32. The van der Waals surface area contributed by atoms with Crippen LogP contribution in [0.5, 0.6) is 0 Å². The molecule has 0 spiro atoms. The van der Waals surface area contributed by atoms with E-state index < -0.39 is 8.07 Å². The topological polar surface area (TPSA) is 12.9 Å². The molecule has 0 bridgehead atoms. The summed E-state index contributed by atoms with van der Waals surface area (Å²) in [5.41, 5.74) is 3.91. The molecule has 3 aromatic rings. The van der Waals surface area contributed by atoms with E-state index in [4.69, 9.17) is 4.98 Å². The van der Waals surface area contributed by atoms with Crippen LogP contribution in [0.15, 0.2) is 72.9 Å². The van der Waals surface area contributed by atoms with Gasteiger partial charge in [0.25, 0.3) is 0 Å². The van der Waals surface area contributed by atoms with Crippen molar-refractivity contribution in [3.63, 3.8) is 0 Å². The molecule has 1 saturated carbocycles. The minimum atomic E-state index is -1.75. The first-order chi connectivity index (χ1) is 12.7. The largest absolute Gasteiger partial charge is 0.256 e. The van der Waals surface area contributed by atoms with E-state index in [2.05, 4.69) is 86.0 Å². The van der Waals surface area contributed by atoms with Crippen molar-refractivity contribution in [2.24, 2.45) is 0 Å². The Hall–Kier alpha value is -2.19. The average molecular weight is 358 g/mol. The fourth-order valence-corrected chi connectivity index (χ4v) is 7.07. The normalized spacial score (nSPS) is 15.3. The predicted molar refractivity (Wildman–Crippen MR) is 114 cm³/mol. The third kappa shape index (κ3) is 3.26. The van der Waals surface area contributed by atoms with Gasteiger partial charge in [0, 0.05) is 11.8 Å². The first kappa shape index (κ1) is 17.2. The van der Waals surface area contributed by atoms with Crippen LogP contribution in [0.1, 0.15) is 37.2 Å². The lowest BCUT2D eigenvalue weighted by molar-refractivity contribution is 0.726. The molecule has 0 saturated heterocycles. The van der Waals surface area contributed by atoms with E-state index in [1.165, 1.54) is 41.6 Å². The van der Waals surface area contributed by atoms with Crippen LogP contribution in [0, 0.1) is 0 Å². The lowest BCUT2D eigenvalue weighted by Crippen LogP contribution is -2.54. The van der Waals surface area contributed by atoms with Gasteiger partial charge in [-0.1, -0.05) is 91.8 Å². The number of hydrogen-bond acceptors (Lipinski definition) is 1. The summed E-state index contributed by atoms with van der Waals surface area (Å²) in [6.07, 6.45) is 7.57. The Bertz CT molecular complexity index is 865. The summed E-state index contributed by atoms with van der Waals surface area (Å²) in [6.45, 7) is 4.94. The molecule has 2 heteroatoms. The Balaban J connectivity index is 1.84. The maximum absolute atomic E-state index is 4.91. The Morgan fingerprint density at radius 2 is 1.46 bits per heavy atom. The highest BCUT2D eigenvalue weighted by atomic mass is 28.3. The molecule has 2 aromatic carbocycles. The standard InChI is InChI=1S/C24H27NSi/c1-26(2,21-15-7-4-8-16-21)24-18-25-23(20-13-5-3-6-14-20)17-22(24)19-11-9-10-12-19/h3-8,13-19H,9-12H2,1-2H3. The summed E-state index contributed by atoms with van der Waals surface area (Å²) in [4.78, 5) is 4.91. The third-order valence-corrected chi connectivity index (χ3v) is 9.51. The minimum absolute atomic E-state index is 0.700. The Morgan fingerprint density at radius 3 is 2.12 bits per heavy atom. The molecule has 4 rings (SSSR count). The molecule has 0 aliphatic heterocycles. The average Bonchev–Trinajstić information content (AvgIpc) is 3.24. The zero-order valence-corrected chi connectivity index (χ0v) is 16.8. The number of pyridine rings is 1. The van der Waals surface area contributed by atoms with Crippen LogP contribution in [-0.4, -0.2) is 13.1 Å². The van der Waals surface area contributed by atoms with E-state index in [1.54, 1.807) is 5.56 Å². The van der Waals surface area contributed by atoms with Crippen LogP contribution in [0.4, 0.5) is 0 Å². The SMILES string of the molecule is C[Si](C)(c1ccccc1)c1cnc(-c2ccccc2)cc1C1CCCC1. The van der Waals surface area contributed by atoms with Crippen LogP contribution in [0.3, 0.4) is 0 Å². The third-order valence-electron chi connectivity index (χ3n) is 5.97. The van der Waals surface area contributed by atoms with Crippen molar-refractivity contribution in [1.82, 2.24) is 4.98 Å². The van der Waals surface area contributed by atoms with E-state index in [0.29, 0.717) is 5.92 Å². The van der Waals surface area contributed by atoms with Gasteiger partial charge >= 0.3 is 0 Å². The molecular weight excluding hydrogens is 330 g/mol. The minimum Gasteiger partial charge on any atom is -0.256 e. The first-order valence-corrected chi connectivity index (χ1v) is 12.8. The first-order valence-electron chi connectivity index (χ1n) is 9.77. The molecule has 26 heavy (non-hydrogen) atoms. The van der Waals surface area contributed by atoms with Crippen LogP contribution in [-0.2, 0) is 0 Å². The summed E-state index contributed by atoms with van der Waals surface area (Å²) in [6, 6.07) is 24.1. The molecule has 0 radical (unpaired) electrons. The van der Waals surface area contributed by atoms with Gasteiger partial charge in [-0.2, -0.15) is 0 Å². The van der Waals surface area contributed by atoms with Crippen molar-refractivity contribution in [3.8, 4) is 11.3 Å². The Kier molecular flexibility index (Phi) is 4.77. The predicted octanol–water partition coefficient (Wildman–Crippen LogP) is 5.23. The second kappa shape index (κ2) is 7.20. The second-order valence-corrected chi connectivity index (χ2v) is 12.4. The van der Waals surface area contributed by atoms with Crippen molar-refractivity contribution < 1.29 is 0 Å². The van der Waals surface area contributed by atoms with Gasteiger partial charge in [-0.3, -0.25) is 4.98 Å². The molecule has 1 aromatic heterocycles. The van der Waals surface area contributed by atoms with Gasteiger partial charge in [0.1, 0.15) is 8.07 Å². The van der Waals surface area contributed by atoms with Crippen LogP contribution >= 0.6 is 0 Å². The second-order valence-electron chi connectivity index (χ2n) is 8.00. The van der Waals surface area contributed by atoms with Gasteiger partial charge in [-0.25, -0.2) is 0 Å². The summed E-state index contributed by atoms with van der Waals surface area (Å²) >= 11 is 0. The molecular formula is C24H27NSi. The smallest absolute Gasteiger partial charge is 0.114 e. The Labute approximate surface area is 158 Å². The molecule has 132 valence electrons. The molecule has 0 unspecified atom stereocenters. The summed E-state index contributed by atoms with van der Waals surface area (Å²) in [5, 5.41) is 3.02. The molecule has 1 heterocycles. The van der Waals surface area contributed by atoms with Crippen molar-refractivity contribution in [1.29, 1.82) is 0 Å². The zero-order valence-electron chi connectivity index (χ0n) is 15.8. The van der Waals surface area contributed by atoms with Crippen molar-refractivity contribution in [2.45, 2.75) is 44.7 Å². The lowest BCUT2D eigenvalue weighted by Gasteiger charge is -2.28. The lowest BCUT2D eigenvalue weighted by atomic mass is 9.96. The van der Waals surface area contributed by atoms with Crippen LogP contribution in [0.2, 0.25) is 13.1 Å². The number of benzene rings is 2. The number of nitrogens with zero attached hydrogens (tertiary/aromatic N) is 1. The van der Waals surface area contributed by atoms with E-state index >= 15 is 0 Å². The molecule has 1 fully saturated rings. The quantitative estimate of drug-likeness (QED) is 0.583. The van der Waals surface area contributed by atoms with E-state index in [-0.39, 0.29) is 0 Å². The fraction of sp³-hybridized carbons (Fsp3) is 0.292. The van der Waals surface area contributed by atoms with Gasteiger partial charge in [0.05, 0.1) is 5.69 Å². The summed E-state index contributed by atoms with van der Waals surface area (Å²) in [7, 11) is -1.75. The maximum atomic E-state index is 4.91. The van der Waals surface area contributed by atoms with Crippen LogP contribution in [0.25, 0.3) is 11.3 Å². The van der Waals surface area contributed by atoms with Gasteiger partial charge < -0.3 is 0 Å². The monoisotopic (exact) mass is 357 g/mol. The van der Waals surface area contributed by atoms with Crippen molar-refractivity contribution in [3.05, 3.63) is 78.5 Å². The van der Waals surface area contributed by atoms with Crippen LogP contribution < -0.4 is 10.4 Å².